The molecular weight excluding hydrogens is 252 g/mol. The highest BCUT2D eigenvalue weighted by Crippen LogP contribution is 2.18. The number of aliphatic hydroxyl groups excluding tert-OH is 2. The second-order valence-corrected chi connectivity index (χ2v) is 4.95. The van der Waals surface area contributed by atoms with E-state index in [1.165, 1.54) is 0 Å². The molecule has 0 atom stereocenters. The van der Waals surface area contributed by atoms with Crippen LogP contribution in [0.3, 0.4) is 0 Å². The van der Waals surface area contributed by atoms with Crippen LogP contribution in [0.1, 0.15) is 11.4 Å². The Morgan fingerprint density at radius 2 is 1.20 bits per heavy atom. The van der Waals surface area contributed by atoms with E-state index in [-0.39, 0.29) is 13.2 Å². The van der Waals surface area contributed by atoms with Crippen LogP contribution in [-0.4, -0.2) is 23.4 Å². The lowest BCUT2D eigenvalue weighted by molar-refractivity contribution is -0.704. The smallest absolute Gasteiger partial charge is 0.178 e. The molecule has 0 spiro atoms. The van der Waals surface area contributed by atoms with E-state index in [1.807, 2.05) is 35.4 Å². The van der Waals surface area contributed by atoms with E-state index in [0.717, 1.165) is 22.5 Å². The number of hydrogen-bond acceptors (Lipinski definition) is 2. The summed E-state index contributed by atoms with van der Waals surface area (Å²) in [5.74, 6) is 0. The molecule has 0 aliphatic rings. The minimum atomic E-state index is 0.149. The highest BCUT2D eigenvalue weighted by Gasteiger charge is 2.11. The zero-order valence-electron chi connectivity index (χ0n) is 12.1. The molecule has 2 N–H and O–H groups in total. The van der Waals surface area contributed by atoms with Crippen molar-refractivity contribution in [2.75, 3.05) is 13.2 Å². The van der Waals surface area contributed by atoms with Crippen LogP contribution in [0, 0.1) is 13.8 Å². The first-order valence-electron chi connectivity index (χ1n) is 6.88. The summed E-state index contributed by atoms with van der Waals surface area (Å²) in [6, 6.07) is 8.38. The molecule has 20 heavy (non-hydrogen) atoms. The summed E-state index contributed by atoms with van der Waals surface area (Å²) in [6.07, 6.45) is 4.01. The van der Waals surface area contributed by atoms with Gasteiger partial charge in [0.1, 0.15) is 13.2 Å². The Kier molecular flexibility index (Phi) is 4.82. The molecule has 2 heterocycles. The van der Waals surface area contributed by atoms with Crippen molar-refractivity contribution in [3.63, 3.8) is 0 Å². The Morgan fingerprint density at radius 1 is 0.800 bits per heavy atom. The lowest BCUT2D eigenvalue weighted by Crippen LogP contribution is -2.38. The summed E-state index contributed by atoms with van der Waals surface area (Å²) < 4.78 is 4.07. The van der Waals surface area contributed by atoms with E-state index in [2.05, 4.69) is 24.3 Å². The topological polar surface area (TPSA) is 48.2 Å². The molecule has 2 rings (SSSR count). The number of aliphatic hydroxyl groups is 2. The molecule has 4 nitrogen and oxygen atoms in total. The third-order valence-corrected chi connectivity index (χ3v) is 3.52. The van der Waals surface area contributed by atoms with Crippen molar-refractivity contribution in [2.24, 2.45) is 0 Å². The minimum absolute atomic E-state index is 0.149. The summed E-state index contributed by atoms with van der Waals surface area (Å²) in [6.45, 7) is 5.63. The molecule has 0 unspecified atom stereocenters. The van der Waals surface area contributed by atoms with Gasteiger partial charge in [0.25, 0.3) is 0 Å². The molecule has 0 amide bonds. The van der Waals surface area contributed by atoms with E-state index in [0.29, 0.717) is 13.1 Å². The quantitative estimate of drug-likeness (QED) is 0.781. The van der Waals surface area contributed by atoms with Gasteiger partial charge < -0.3 is 10.2 Å². The van der Waals surface area contributed by atoms with Gasteiger partial charge in [-0.25, -0.2) is 9.13 Å². The van der Waals surface area contributed by atoms with Gasteiger partial charge in [0, 0.05) is 38.1 Å². The van der Waals surface area contributed by atoms with Crippen LogP contribution >= 0.6 is 0 Å². The van der Waals surface area contributed by atoms with Crippen molar-refractivity contribution in [1.82, 2.24) is 0 Å². The minimum Gasteiger partial charge on any atom is -0.390 e. The molecule has 0 radical (unpaired) electrons. The second kappa shape index (κ2) is 6.59. The van der Waals surface area contributed by atoms with Crippen LogP contribution < -0.4 is 9.13 Å². The zero-order chi connectivity index (χ0) is 14.5. The lowest BCUT2D eigenvalue weighted by Gasteiger charge is -2.05. The highest BCUT2D eigenvalue weighted by atomic mass is 16.3. The second-order valence-electron chi connectivity index (χ2n) is 4.95. The van der Waals surface area contributed by atoms with Gasteiger partial charge >= 0.3 is 0 Å². The van der Waals surface area contributed by atoms with Gasteiger partial charge in [0.05, 0.1) is 0 Å². The van der Waals surface area contributed by atoms with E-state index in [9.17, 15) is 0 Å². The van der Waals surface area contributed by atoms with E-state index in [1.54, 1.807) is 0 Å². The van der Waals surface area contributed by atoms with Crippen LogP contribution in [0.5, 0.6) is 0 Å². The third kappa shape index (κ3) is 3.21. The lowest BCUT2D eigenvalue weighted by atomic mass is 10.1. The molecule has 0 fully saturated rings. The number of hydrogen-bond donors (Lipinski definition) is 2. The monoisotopic (exact) mass is 274 g/mol. The zero-order valence-corrected chi connectivity index (χ0v) is 12.1. The molecule has 0 aromatic carbocycles. The standard InChI is InChI=1S/C16H22N2O2/c1-13-11-15(3-5-17(13)7-9-19)16-4-6-18(8-10-20)14(2)12-16/h3-6,11-12,19-20H,7-10H2,1-2H3/q+2. The summed E-state index contributed by atoms with van der Waals surface area (Å²) in [4.78, 5) is 0. The first kappa shape index (κ1) is 14.6. The van der Waals surface area contributed by atoms with Crippen molar-refractivity contribution in [3.8, 4) is 11.1 Å². The SMILES string of the molecule is Cc1cc(-c2cc[n+](CCO)c(C)c2)cc[n+]1CCO. The van der Waals surface area contributed by atoms with Gasteiger partial charge in [-0.15, -0.1) is 0 Å². The molecular formula is C16H22N2O2+2. The number of rotatable bonds is 5. The molecule has 0 saturated carbocycles. The van der Waals surface area contributed by atoms with Crippen molar-refractivity contribution < 1.29 is 19.3 Å². The largest absolute Gasteiger partial charge is 0.390 e. The van der Waals surface area contributed by atoms with Crippen molar-refractivity contribution in [2.45, 2.75) is 26.9 Å². The summed E-state index contributed by atoms with van der Waals surface area (Å²) in [5.41, 5.74) is 4.58. The molecule has 0 aliphatic carbocycles. The Labute approximate surface area is 119 Å². The normalized spacial score (nSPS) is 10.8. The number of aryl methyl sites for hydroxylation is 2. The highest BCUT2D eigenvalue weighted by molar-refractivity contribution is 5.62. The van der Waals surface area contributed by atoms with Crippen LogP contribution in [0.2, 0.25) is 0 Å². The number of nitrogens with zero attached hydrogens (tertiary/aromatic N) is 2. The molecule has 0 aliphatic heterocycles. The van der Waals surface area contributed by atoms with Gasteiger partial charge in [-0.3, -0.25) is 0 Å². The first-order valence-corrected chi connectivity index (χ1v) is 6.88. The van der Waals surface area contributed by atoms with Crippen LogP contribution in [0.4, 0.5) is 0 Å². The van der Waals surface area contributed by atoms with Gasteiger partial charge in [0.15, 0.2) is 36.9 Å². The maximum absolute atomic E-state index is 9.00. The average molecular weight is 274 g/mol. The van der Waals surface area contributed by atoms with E-state index in [4.69, 9.17) is 10.2 Å². The molecule has 106 valence electrons. The Bertz CT molecular complexity index is 544. The fourth-order valence-electron chi connectivity index (χ4n) is 2.36. The molecule has 0 saturated heterocycles. The van der Waals surface area contributed by atoms with Crippen molar-refractivity contribution in [1.29, 1.82) is 0 Å². The van der Waals surface area contributed by atoms with E-state index < -0.39 is 0 Å². The molecule has 2 aromatic rings. The van der Waals surface area contributed by atoms with Gasteiger partial charge in [-0.05, 0) is 11.1 Å². The third-order valence-electron chi connectivity index (χ3n) is 3.52. The first-order chi connectivity index (χ1) is 9.65. The molecule has 0 bridgehead atoms. The molecule has 4 heteroatoms. The fourth-order valence-corrected chi connectivity index (χ4v) is 2.36. The summed E-state index contributed by atoms with van der Waals surface area (Å²) in [7, 11) is 0. The predicted octanol–water partition coefficient (Wildman–Crippen LogP) is 0.530. The van der Waals surface area contributed by atoms with Gasteiger partial charge in [-0.2, -0.15) is 0 Å². The Hall–Kier alpha value is -1.78. The Morgan fingerprint density at radius 3 is 1.50 bits per heavy atom. The summed E-state index contributed by atoms with van der Waals surface area (Å²) >= 11 is 0. The fraction of sp³-hybridized carbons (Fsp3) is 0.375. The van der Waals surface area contributed by atoms with Gasteiger partial charge in [-0.1, -0.05) is 0 Å². The number of pyridine rings is 2. The predicted molar refractivity (Wildman–Crippen MR) is 75.9 cm³/mol. The van der Waals surface area contributed by atoms with Gasteiger partial charge in [0.2, 0.25) is 0 Å². The van der Waals surface area contributed by atoms with Crippen LogP contribution in [0.15, 0.2) is 36.7 Å². The maximum atomic E-state index is 9.00. The average Bonchev–Trinajstić information content (AvgIpc) is 2.44. The van der Waals surface area contributed by atoms with Crippen LogP contribution in [0.25, 0.3) is 11.1 Å². The Balaban J connectivity index is 2.32. The van der Waals surface area contributed by atoms with Crippen molar-refractivity contribution >= 4 is 0 Å². The number of aromatic nitrogens is 2. The maximum Gasteiger partial charge on any atom is 0.178 e. The van der Waals surface area contributed by atoms with E-state index >= 15 is 0 Å². The van der Waals surface area contributed by atoms with Crippen LogP contribution in [-0.2, 0) is 13.1 Å². The molecule has 2 aromatic heterocycles. The summed E-state index contributed by atoms with van der Waals surface area (Å²) in [5, 5.41) is 18.0. The van der Waals surface area contributed by atoms with Crippen molar-refractivity contribution in [3.05, 3.63) is 48.0 Å².